The molecule has 1 heterocycles. The largest absolute Gasteiger partial charge is 0.502 e. The van der Waals surface area contributed by atoms with E-state index in [1.54, 1.807) is 25.1 Å². The first kappa shape index (κ1) is 16.0. The Morgan fingerprint density at radius 2 is 1.62 bits per heavy atom. The van der Waals surface area contributed by atoms with Crippen LogP contribution in [0.5, 0.6) is 17.2 Å². The fraction of sp³-hybridized carbons (Fsp3) is 0.167. The Balaban J connectivity index is 2.29. The first-order valence-electron chi connectivity index (χ1n) is 7.17. The van der Waals surface area contributed by atoms with Crippen molar-refractivity contribution in [1.82, 2.24) is 4.98 Å². The Hall–Kier alpha value is -2.89. The first-order chi connectivity index (χ1) is 11.5. The number of benzene rings is 2. The second-order valence-electron chi connectivity index (χ2n) is 5.31. The monoisotopic (exact) mass is 331 g/mol. The van der Waals surface area contributed by atoms with Crippen LogP contribution in [0.15, 0.2) is 30.3 Å². The summed E-state index contributed by atoms with van der Waals surface area (Å²) >= 11 is 0. The van der Waals surface area contributed by atoms with Crippen molar-refractivity contribution in [3.8, 4) is 28.5 Å². The predicted molar refractivity (Wildman–Crippen MR) is 86.6 cm³/mol. The molecular weight excluding hydrogens is 316 g/mol. The van der Waals surface area contributed by atoms with E-state index in [4.69, 9.17) is 9.47 Å². The molecular formula is C18H15F2NO3. The van der Waals surface area contributed by atoms with Gasteiger partial charge in [0, 0.05) is 10.9 Å². The number of phenolic OH excluding ortho intramolecular Hbond substituents is 1. The molecule has 0 saturated carbocycles. The molecule has 4 nitrogen and oxygen atoms in total. The summed E-state index contributed by atoms with van der Waals surface area (Å²) in [7, 11) is 2.82. The number of hydrogen-bond acceptors (Lipinski definition) is 4. The van der Waals surface area contributed by atoms with E-state index in [1.165, 1.54) is 20.3 Å². The molecule has 0 aliphatic carbocycles. The molecule has 0 radical (unpaired) electrons. The summed E-state index contributed by atoms with van der Waals surface area (Å²) in [5, 5.41) is 10.5. The molecule has 3 rings (SSSR count). The van der Waals surface area contributed by atoms with Crippen molar-refractivity contribution in [3.05, 3.63) is 47.5 Å². The summed E-state index contributed by atoms with van der Waals surface area (Å²) in [6.07, 6.45) is 0. The minimum atomic E-state index is -0.991. The molecule has 1 N–H and O–H groups in total. The maximum Gasteiger partial charge on any atom is 0.200 e. The highest BCUT2D eigenvalue weighted by molar-refractivity contribution is 5.86. The molecule has 6 heteroatoms. The van der Waals surface area contributed by atoms with E-state index in [0.717, 1.165) is 11.6 Å². The lowest BCUT2D eigenvalue weighted by Crippen LogP contribution is -1.96. The van der Waals surface area contributed by atoms with Crippen LogP contribution in [0, 0.1) is 18.6 Å². The molecule has 0 saturated heterocycles. The van der Waals surface area contributed by atoms with E-state index in [-0.39, 0.29) is 22.8 Å². The quantitative estimate of drug-likeness (QED) is 0.781. The Labute approximate surface area is 137 Å². The van der Waals surface area contributed by atoms with Gasteiger partial charge in [0.05, 0.1) is 19.9 Å². The Bertz CT molecular complexity index is 916. The van der Waals surface area contributed by atoms with Gasteiger partial charge < -0.3 is 14.6 Å². The van der Waals surface area contributed by atoms with Gasteiger partial charge in [-0.25, -0.2) is 13.8 Å². The van der Waals surface area contributed by atoms with E-state index >= 15 is 0 Å². The van der Waals surface area contributed by atoms with Crippen molar-refractivity contribution in [2.45, 2.75) is 6.92 Å². The third kappa shape index (κ3) is 2.50. The van der Waals surface area contributed by atoms with E-state index < -0.39 is 11.6 Å². The maximum atomic E-state index is 14.1. The summed E-state index contributed by atoms with van der Waals surface area (Å²) in [6.45, 7) is 1.79. The highest BCUT2D eigenvalue weighted by atomic mass is 19.2. The van der Waals surface area contributed by atoms with Gasteiger partial charge in [0.25, 0.3) is 0 Å². The smallest absolute Gasteiger partial charge is 0.200 e. The van der Waals surface area contributed by atoms with Crippen LogP contribution in [0.2, 0.25) is 0 Å². The van der Waals surface area contributed by atoms with Gasteiger partial charge in [0.1, 0.15) is 5.52 Å². The number of hydrogen-bond donors (Lipinski definition) is 1. The first-order valence-corrected chi connectivity index (χ1v) is 7.17. The molecule has 1 aromatic heterocycles. The Morgan fingerprint density at radius 3 is 2.21 bits per heavy atom. The topological polar surface area (TPSA) is 51.6 Å². The molecule has 124 valence electrons. The second kappa shape index (κ2) is 5.96. The highest BCUT2D eigenvalue weighted by Crippen LogP contribution is 2.40. The zero-order chi connectivity index (χ0) is 17.4. The standard InChI is InChI=1S/C18H15F2NO3/c1-9-6-13(21-17-11(9)4-5-12(19)16(17)20)10-7-14(23-2)18(22)15(8-10)24-3/h4-8,22H,1-3H3. The molecule has 0 bridgehead atoms. The number of aryl methyl sites for hydroxylation is 1. The van der Waals surface area contributed by atoms with Gasteiger partial charge in [-0.3, -0.25) is 0 Å². The van der Waals surface area contributed by atoms with Crippen molar-refractivity contribution in [2.24, 2.45) is 0 Å². The van der Waals surface area contributed by atoms with Crippen LogP contribution in [0.3, 0.4) is 0 Å². The predicted octanol–water partition coefficient (Wildman–Crippen LogP) is 4.21. The molecule has 0 fully saturated rings. The number of halogens is 2. The summed E-state index contributed by atoms with van der Waals surface area (Å²) in [5.74, 6) is -1.69. The highest BCUT2D eigenvalue weighted by Gasteiger charge is 2.16. The normalized spacial score (nSPS) is 10.9. The van der Waals surface area contributed by atoms with Crippen LogP contribution < -0.4 is 9.47 Å². The number of aromatic nitrogens is 1. The van der Waals surface area contributed by atoms with Gasteiger partial charge in [-0.15, -0.1) is 0 Å². The lowest BCUT2D eigenvalue weighted by molar-refractivity contribution is 0.340. The fourth-order valence-corrected chi connectivity index (χ4v) is 2.59. The lowest BCUT2D eigenvalue weighted by atomic mass is 10.0. The van der Waals surface area contributed by atoms with Crippen LogP contribution in [-0.2, 0) is 0 Å². The minimum Gasteiger partial charge on any atom is -0.502 e. The lowest BCUT2D eigenvalue weighted by Gasteiger charge is -2.12. The van der Waals surface area contributed by atoms with Gasteiger partial charge in [-0.2, -0.15) is 0 Å². The Morgan fingerprint density at radius 1 is 1.00 bits per heavy atom. The fourth-order valence-electron chi connectivity index (χ4n) is 2.59. The number of methoxy groups -OCH3 is 2. The summed E-state index contributed by atoms with van der Waals surface area (Å²) in [4.78, 5) is 4.24. The molecule has 0 aliphatic rings. The number of pyridine rings is 1. The molecule has 24 heavy (non-hydrogen) atoms. The number of rotatable bonds is 3. The van der Waals surface area contributed by atoms with Crippen molar-refractivity contribution in [3.63, 3.8) is 0 Å². The zero-order valence-electron chi connectivity index (χ0n) is 13.4. The zero-order valence-corrected chi connectivity index (χ0v) is 13.4. The van der Waals surface area contributed by atoms with Crippen LogP contribution in [0.4, 0.5) is 8.78 Å². The minimum absolute atomic E-state index is 0.0454. The van der Waals surface area contributed by atoms with Crippen molar-refractivity contribution < 1.29 is 23.4 Å². The second-order valence-corrected chi connectivity index (χ2v) is 5.31. The van der Waals surface area contributed by atoms with Gasteiger partial charge in [-0.05, 0) is 42.8 Å². The number of fused-ring (bicyclic) bond motifs is 1. The van der Waals surface area contributed by atoms with Crippen LogP contribution in [-0.4, -0.2) is 24.3 Å². The molecule has 0 unspecified atom stereocenters. The van der Waals surface area contributed by atoms with Crippen molar-refractivity contribution in [1.29, 1.82) is 0 Å². The van der Waals surface area contributed by atoms with Crippen LogP contribution in [0.25, 0.3) is 22.2 Å². The molecule has 3 aromatic rings. The van der Waals surface area contributed by atoms with Gasteiger partial charge >= 0.3 is 0 Å². The average molecular weight is 331 g/mol. The average Bonchev–Trinajstić information content (AvgIpc) is 2.58. The van der Waals surface area contributed by atoms with Gasteiger partial charge in [0.15, 0.2) is 23.1 Å². The molecule has 0 spiro atoms. The molecule has 0 amide bonds. The number of phenols is 1. The number of aromatic hydroxyl groups is 1. The summed E-state index contributed by atoms with van der Waals surface area (Å²) < 4.78 is 37.9. The third-order valence-electron chi connectivity index (χ3n) is 3.85. The maximum absolute atomic E-state index is 14.1. The molecule has 0 aliphatic heterocycles. The van der Waals surface area contributed by atoms with Crippen molar-refractivity contribution in [2.75, 3.05) is 14.2 Å². The van der Waals surface area contributed by atoms with E-state index in [2.05, 4.69) is 4.98 Å². The molecule has 0 atom stereocenters. The number of ether oxygens (including phenoxy) is 2. The van der Waals surface area contributed by atoms with E-state index in [9.17, 15) is 13.9 Å². The van der Waals surface area contributed by atoms with Gasteiger partial charge in [-0.1, -0.05) is 0 Å². The van der Waals surface area contributed by atoms with E-state index in [1.807, 2.05) is 0 Å². The van der Waals surface area contributed by atoms with Gasteiger partial charge in [0.2, 0.25) is 5.75 Å². The summed E-state index contributed by atoms with van der Waals surface area (Å²) in [6, 6.07) is 7.45. The number of nitrogens with zero attached hydrogens (tertiary/aromatic N) is 1. The van der Waals surface area contributed by atoms with E-state index in [0.29, 0.717) is 16.6 Å². The Kier molecular flexibility index (Phi) is 3.97. The third-order valence-corrected chi connectivity index (χ3v) is 3.85. The SMILES string of the molecule is COc1cc(-c2cc(C)c3ccc(F)c(F)c3n2)cc(OC)c1O. The summed E-state index contributed by atoms with van der Waals surface area (Å²) in [5.41, 5.74) is 1.67. The van der Waals surface area contributed by atoms with Crippen molar-refractivity contribution >= 4 is 10.9 Å². The van der Waals surface area contributed by atoms with Crippen LogP contribution in [0.1, 0.15) is 5.56 Å². The molecule has 2 aromatic carbocycles. The van der Waals surface area contributed by atoms with Crippen LogP contribution >= 0.6 is 0 Å².